The second-order valence-electron chi connectivity index (χ2n) is 11.1. The molecule has 3 aromatic heterocycles. The highest BCUT2D eigenvalue weighted by Crippen LogP contribution is 2.66. The van der Waals surface area contributed by atoms with Crippen LogP contribution in [0.4, 0.5) is 4.39 Å². The summed E-state index contributed by atoms with van der Waals surface area (Å²) >= 11 is 0. The van der Waals surface area contributed by atoms with Crippen molar-refractivity contribution in [2.24, 2.45) is 5.41 Å². The predicted octanol–water partition coefficient (Wildman–Crippen LogP) is 5.84. The van der Waals surface area contributed by atoms with Gasteiger partial charge in [-0.25, -0.2) is 19.2 Å². The van der Waals surface area contributed by atoms with E-state index in [0.29, 0.717) is 29.2 Å². The van der Waals surface area contributed by atoms with Gasteiger partial charge < -0.3 is 19.0 Å². The maximum Gasteiger partial charge on any atom is 0.371 e. The topological polar surface area (TPSA) is 123 Å². The molecule has 0 radical (unpaired) electrons. The second kappa shape index (κ2) is 9.85. The molecule has 41 heavy (non-hydrogen) atoms. The molecule has 3 aliphatic rings. The zero-order valence-electron chi connectivity index (χ0n) is 22.2. The first-order valence-electron chi connectivity index (χ1n) is 13.7. The van der Waals surface area contributed by atoms with Crippen LogP contribution < -0.4 is 4.74 Å². The third-order valence-corrected chi connectivity index (χ3v) is 8.60. The van der Waals surface area contributed by atoms with Crippen molar-refractivity contribution in [3.05, 3.63) is 82.8 Å². The van der Waals surface area contributed by atoms with Crippen molar-refractivity contribution in [1.29, 1.82) is 5.26 Å². The Morgan fingerprint density at radius 3 is 2.85 bits per heavy atom. The highest BCUT2D eigenvalue weighted by molar-refractivity contribution is 5.89. The van der Waals surface area contributed by atoms with E-state index in [1.807, 2.05) is 22.8 Å². The van der Waals surface area contributed by atoms with Gasteiger partial charge in [-0.05, 0) is 61.3 Å². The average Bonchev–Trinajstić information content (AvgIpc) is 3.30. The Balaban J connectivity index is 1.06. The molecule has 208 valence electrons. The number of pyridine rings is 1. The number of ether oxygens (including phenoxy) is 2. The molecule has 1 aliphatic heterocycles. The molecule has 2 aliphatic carbocycles. The van der Waals surface area contributed by atoms with Gasteiger partial charge >= 0.3 is 5.97 Å². The molecule has 4 heterocycles. The Morgan fingerprint density at radius 2 is 2.15 bits per heavy atom. The van der Waals surface area contributed by atoms with Gasteiger partial charge in [0, 0.05) is 30.2 Å². The second-order valence-corrected chi connectivity index (χ2v) is 11.1. The third-order valence-electron chi connectivity index (χ3n) is 8.60. The Hall–Kier alpha value is -4.49. The average molecular weight is 555 g/mol. The van der Waals surface area contributed by atoms with Crippen LogP contribution in [0.5, 0.6) is 5.88 Å². The zero-order chi connectivity index (χ0) is 28.1. The molecule has 10 heteroatoms. The molecule has 1 N–H and O–H groups in total. The number of fused-ring (bicyclic) bond motifs is 1. The third kappa shape index (κ3) is 4.66. The standard InChI is InChI=1S/C31H27FN4O5/c32-23-12-18(15-33)4-5-20(23)17-40-27-3-1-2-24(34-27)19-6-9-31(10-7-19)14-22(31)28-35-25-13-26(30(37)38)41-29(25)36(28)16-21-8-11-39-21/h1-6,12-13,21-22H,7-11,14,16-17H2,(H,37,38)/t21-,22?,31?/m0/s1. The Kier molecular flexibility index (Phi) is 6.12. The molecule has 0 bridgehead atoms. The number of halogens is 1. The number of aromatic carboxylic acids is 1. The fourth-order valence-corrected chi connectivity index (χ4v) is 6.03. The van der Waals surface area contributed by atoms with Crippen LogP contribution in [0.1, 0.15) is 71.2 Å². The fraction of sp³-hybridized carbons (Fsp3) is 0.355. The summed E-state index contributed by atoms with van der Waals surface area (Å²) in [5, 5.41) is 18.3. The Morgan fingerprint density at radius 1 is 1.27 bits per heavy atom. The maximum absolute atomic E-state index is 14.2. The summed E-state index contributed by atoms with van der Waals surface area (Å²) in [6.45, 7) is 1.37. The molecule has 2 fully saturated rings. The molecule has 4 aromatic rings. The minimum absolute atomic E-state index is 0.0210. The van der Waals surface area contributed by atoms with E-state index in [1.165, 1.54) is 12.1 Å². The number of hydrogen-bond donors (Lipinski definition) is 1. The van der Waals surface area contributed by atoms with Gasteiger partial charge in [-0.1, -0.05) is 18.2 Å². The van der Waals surface area contributed by atoms with Gasteiger partial charge in [-0.15, -0.1) is 0 Å². The number of carbonyl (C=O) groups is 1. The summed E-state index contributed by atoms with van der Waals surface area (Å²) in [7, 11) is 0. The minimum atomic E-state index is -1.10. The molecule has 7 rings (SSSR count). The number of nitrogens with zero attached hydrogens (tertiary/aromatic N) is 4. The van der Waals surface area contributed by atoms with Gasteiger partial charge in [0.25, 0.3) is 0 Å². The predicted molar refractivity (Wildman–Crippen MR) is 145 cm³/mol. The van der Waals surface area contributed by atoms with E-state index < -0.39 is 11.8 Å². The number of nitriles is 1. The Bertz CT molecular complexity index is 1750. The van der Waals surface area contributed by atoms with Crippen LogP contribution in [0.2, 0.25) is 0 Å². The normalized spacial score (nSPS) is 23.2. The van der Waals surface area contributed by atoms with Crippen LogP contribution in [0.3, 0.4) is 0 Å². The van der Waals surface area contributed by atoms with E-state index >= 15 is 0 Å². The number of hydrogen-bond acceptors (Lipinski definition) is 7. The number of carboxylic acid groups (broad SMARTS) is 1. The summed E-state index contributed by atoms with van der Waals surface area (Å²) in [4.78, 5) is 21.0. The zero-order valence-corrected chi connectivity index (χ0v) is 22.2. The molecule has 1 saturated heterocycles. The molecule has 1 saturated carbocycles. The van der Waals surface area contributed by atoms with E-state index in [1.54, 1.807) is 18.2 Å². The minimum Gasteiger partial charge on any atom is -0.475 e. The fourth-order valence-electron chi connectivity index (χ4n) is 6.03. The largest absolute Gasteiger partial charge is 0.475 e. The van der Waals surface area contributed by atoms with Gasteiger partial charge in [0.05, 0.1) is 30.0 Å². The van der Waals surface area contributed by atoms with Gasteiger partial charge in [0.1, 0.15) is 23.8 Å². The molecule has 1 spiro atoms. The van der Waals surface area contributed by atoms with Crippen molar-refractivity contribution < 1.29 is 28.2 Å². The molecular formula is C31H27FN4O5. The summed E-state index contributed by atoms with van der Waals surface area (Å²) < 4.78 is 33.4. The molecular weight excluding hydrogens is 527 g/mol. The van der Waals surface area contributed by atoms with E-state index in [-0.39, 0.29) is 35.4 Å². The summed E-state index contributed by atoms with van der Waals surface area (Å²) in [6, 6.07) is 13.4. The maximum atomic E-state index is 14.2. The van der Waals surface area contributed by atoms with Crippen LogP contribution in [0, 0.1) is 22.6 Å². The van der Waals surface area contributed by atoms with Crippen molar-refractivity contribution in [3.63, 3.8) is 0 Å². The van der Waals surface area contributed by atoms with E-state index in [0.717, 1.165) is 55.8 Å². The summed E-state index contributed by atoms with van der Waals surface area (Å²) in [5.74, 6) is -0.0503. The SMILES string of the molecule is N#Cc1ccc(COc2cccc(C3=CCC4(CC3)CC4c3nc4cc(C(=O)O)oc4n3C[C@@H]3CCO3)n2)c(F)c1. The molecule has 3 atom stereocenters. The number of aromatic nitrogens is 3. The number of carboxylic acids is 1. The van der Waals surface area contributed by atoms with Crippen LogP contribution in [-0.2, 0) is 17.9 Å². The lowest BCUT2D eigenvalue weighted by atomic mass is 9.83. The van der Waals surface area contributed by atoms with Crippen LogP contribution >= 0.6 is 0 Å². The van der Waals surface area contributed by atoms with Crippen molar-refractivity contribution in [3.8, 4) is 11.9 Å². The van der Waals surface area contributed by atoms with Crippen molar-refractivity contribution in [2.75, 3.05) is 6.61 Å². The van der Waals surface area contributed by atoms with Gasteiger partial charge in [0.15, 0.2) is 0 Å². The first kappa shape index (κ1) is 25.5. The molecule has 1 aromatic carbocycles. The number of allylic oxidation sites excluding steroid dienone is 2. The highest BCUT2D eigenvalue weighted by atomic mass is 19.1. The van der Waals surface area contributed by atoms with Gasteiger partial charge in [-0.3, -0.25) is 4.57 Å². The summed E-state index contributed by atoms with van der Waals surface area (Å²) in [6.07, 6.45) is 7.07. The monoisotopic (exact) mass is 554 g/mol. The van der Waals surface area contributed by atoms with Crippen molar-refractivity contribution in [2.45, 2.75) is 57.3 Å². The lowest BCUT2D eigenvalue weighted by molar-refractivity contribution is -0.0593. The van der Waals surface area contributed by atoms with Crippen LogP contribution in [-0.4, -0.2) is 38.3 Å². The quantitative estimate of drug-likeness (QED) is 0.288. The lowest BCUT2D eigenvalue weighted by Gasteiger charge is -2.28. The van der Waals surface area contributed by atoms with Crippen LogP contribution in [0.15, 0.2) is 53.0 Å². The highest BCUT2D eigenvalue weighted by Gasteiger charge is 2.56. The van der Waals surface area contributed by atoms with E-state index in [4.69, 9.17) is 24.1 Å². The Labute approximate surface area is 234 Å². The van der Waals surface area contributed by atoms with E-state index in [2.05, 4.69) is 11.1 Å². The van der Waals surface area contributed by atoms with Crippen molar-refractivity contribution in [1.82, 2.24) is 14.5 Å². The first-order chi connectivity index (χ1) is 19.9. The lowest BCUT2D eigenvalue weighted by Crippen LogP contribution is -2.31. The van der Waals surface area contributed by atoms with Crippen molar-refractivity contribution >= 4 is 22.8 Å². The van der Waals surface area contributed by atoms with Crippen LogP contribution in [0.25, 0.3) is 16.8 Å². The van der Waals surface area contributed by atoms with E-state index in [9.17, 15) is 14.3 Å². The number of rotatable bonds is 8. The molecule has 9 nitrogen and oxygen atoms in total. The number of furan rings is 1. The first-order valence-corrected chi connectivity index (χ1v) is 13.7. The van der Waals surface area contributed by atoms with Gasteiger partial charge in [-0.2, -0.15) is 5.26 Å². The smallest absolute Gasteiger partial charge is 0.371 e. The molecule has 0 amide bonds. The molecule has 2 unspecified atom stereocenters. The summed E-state index contributed by atoms with van der Waals surface area (Å²) in [5.41, 5.74) is 3.82. The number of benzene rings is 1. The number of imidazole rings is 1. The van der Waals surface area contributed by atoms with Gasteiger partial charge in [0.2, 0.25) is 17.4 Å².